The third-order valence-electron chi connectivity index (χ3n) is 5.31. The SMILES string of the molecule is CC(C)(C)c1cc(OCC2CO2)ccc1C(=O)N(C(=O)c1ccccc1)c1ccccc1. The molecule has 1 unspecified atom stereocenters. The molecule has 5 nitrogen and oxygen atoms in total. The first-order chi connectivity index (χ1) is 15.3. The van der Waals surface area contributed by atoms with Gasteiger partial charge < -0.3 is 9.47 Å². The summed E-state index contributed by atoms with van der Waals surface area (Å²) in [5.41, 5.74) is 1.93. The molecule has 2 amide bonds. The Morgan fingerprint density at radius 3 is 2.16 bits per heavy atom. The molecule has 0 aliphatic carbocycles. The summed E-state index contributed by atoms with van der Waals surface area (Å²) in [7, 11) is 0. The van der Waals surface area contributed by atoms with Crippen LogP contribution in [0, 0.1) is 0 Å². The summed E-state index contributed by atoms with van der Waals surface area (Å²) >= 11 is 0. The minimum atomic E-state index is -0.368. The summed E-state index contributed by atoms with van der Waals surface area (Å²) in [4.78, 5) is 28.5. The van der Waals surface area contributed by atoms with Crippen molar-refractivity contribution in [2.75, 3.05) is 18.1 Å². The van der Waals surface area contributed by atoms with Gasteiger partial charge in [-0.25, -0.2) is 4.90 Å². The molecule has 164 valence electrons. The number of carbonyl (C=O) groups excluding carboxylic acids is 2. The summed E-state index contributed by atoms with van der Waals surface area (Å²) in [5.74, 6) is -0.0532. The standard InChI is InChI=1S/C27H27NO4/c1-27(2,3)24-16-21(31-17-22-18-32-22)14-15-23(24)26(30)28(20-12-8-5-9-13-20)25(29)19-10-6-4-7-11-19/h4-16,22H,17-18H2,1-3H3. The van der Waals surface area contributed by atoms with E-state index in [-0.39, 0.29) is 23.3 Å². The van der Waals surface area contributed by atoms with E-state index in [2.05, 4.69) is 0 Å². The van der Waals surface area contributed by atoms with Crippen LogP contribution in [-0.2, 0) is 10.2 Å². The fourth-order valence-corrected chi connectivity index (χ4v) is 3.51. The molecule has 1 atom stereocenters. The van der Waals surface area contributed by atoms with Crippen molar-refractivity contribution in [2.24, 2.45) is 0 Å². The molecular formula is C27H27NO4. The summed E-state index contributed by atoms with van der Waals surface area (Å²) in [6.45, 7) is 7.33. The topological polar surface area (TPSA) is 59.1 Å². The second kappa shape index (κ2) is 8.97. The summed E-state index contributed by atoms with van der Waals surface area (Å²) in [6.07, 6.45) is 0.145. The Kier molecular flexibility index (Phi) is 6.10. The lowest BCUT2D eigenvalue weighted by Crippen LogP contribution is -2.38. The number of ether oxygens (including phenoxy) is 2. The van der Waals surface area contributed by atoms with Gasteiger partial charge in [-0.3, -0.25) is 9.59 Å². The Bertz CT molecular complexity index is 1100. The number of rotatable bonds is 6. The van der Waals surface area contributed by atoms with Gasteiger partial charge in [0.05, 0.1) is 12.3 Å². The summed E-state index contributed by atoms with van der Waals surface area (Å²) in [6, 6.07) is 23.3. The van der Waals surface area contributed by atoms with Gasteiger partial charge in [-0.1, -0.05) is 57.2 Å². The first-order valence-electron chi connectivity index (χ1n) is 10.7. The minimum absolute atomic E-state index is 0.145. The van der Waals surface area contributed by atoms with Crippen molar-refractivity contribution in [3.63, 3.8) is 0 Å². The first-order valence-corrected chi connectivity index (χ1v) is 10.7. The van der Waals surface area contributed by atoms with E-state index in [0.717, 1.165) is 12.2 Å². The van der Waals surface area contributed by atoms with Crippen LogP contribution in [0.3, 0.4) is 0 Å². The third kappa shape index (κ3) is 4.89. The molecule has 1 heterocycles. The Balaban J connectivity index is 1.75. The highest BCUT2D eigenvalue weighted by Crippen LogP contribution is 2.32. The number of hydrogen-bond donors (Lipinski definition) is 0. The van der Waals surface area contributed by atoms with Crippen molar-refractivity contribution in [1.82, 2.24) is 0 Å². The maximum atomic E-state index is 13.9. The summed E-state index contributed by atoms with van der Waals surface area (Å²) < 4.78 is 11.1. The molecular weight excluding hydrogens is 402 g/mol. The average Bonchev–Trinajstić information content (AvgIpc) is 3.63. The average molecular weight is 430 g/mol. The molecule has 0 bridgehead atoms. The zero-order valence-corrected chi connectivity index (χ0v) is 18.6. The van der Waals surface area contributed by atoms with Gasteiger partial charge in [0.1, 0.15) is 18.5 Å². The van der Waals surface area contributed by atoms with Crippen LogP contribution < -0.4 is 9.64 Å². The Labute approximate surface area is 188 Å². The lowest BCUT2D eigenvalue weighted by molar-refractivity contribution is 0.0896. The maximum absolute atomic E-state index is 13.9. The quantitative estimate of drug-likeness (QED) is 0.397. The fourth-order valence-electron chi connectivity index (χ4n) is 3.51. The molecule has 0 aromatic heterocycles. The zero-order chi connectivity index (χ0) is 22.7. The lowest BCUT2D eigenvalue weighted by atomic mass is 9.83. The molecule has 0 N–H and O–H groups in total. The van der Waals surface area contributed by atoms with Gasteiger partial charge in [-0.2, -0.15) is 0 Å². The van der Waals surface area contributed by atoms with Crippen LogP contribution in [-0.4, -0.2) is 31.1 Å². The second-order valence-corrected chi connectivity index (χ2v) is 8.87. The van der Waals surface area contributed by atoms with Gasteiger partial charge in [0.2, 0.25) is 0 Å². The summed E-state index contributed by atoms with van der Waals surface area (Å²) in [5, 5.41) is 0. The number of benzene rings is 3. The Morgan fingerprint density at radius 2 is 1.56 bits per heavy atom. The molecule has 4 rings (SSSR count). The highest BCUT2D eigenvalue weighted by molar-refractivity contribution is 6.26. The van der Waals surface area contributed by atoms with Crippen LogP contribution in [0.25, 0.3) is 0 Å². The molecule has 1 aliphatic rings. The number of para-hydroxylation sites is 1. The van der Waals surface area contributed by atoms with Gasteiger partial charge in [0.25, 0.3) is 11.8 Å². The molecule has 0 saturated carbocycles. The van der Waals surface area contributed by atoms with Crippen molar-refractivity contribution in [3.8, 4) is 5.75 Å². The van der Waals surface area contributed by atoms with Crippen molar-refractivity contribution in [2.45, 2.75) is 32.3 Å². The molecule has 1 fully saturated rings. The van der Waals surface area contributed by atoms with Crippen molar-refractivity contribution >= 4 is 17.5 Å². The van der Waals surface area contributed by atoms with E-state index in [0.29, 0.717) is 29.2 Å². The van der Waals surface area contributed by atoms with Gasteiger partial charge >= 0.3 is 0 Å². The smallest absolute Gasteiger partial charge is 0.265 e. The minimum Gasteiger partial charge on any atom is -0.491 e. The monoisotopic (exact) mass is 429 g/mol. The van der Waals surface area contributed by atoms with Gasteiger partial charge in [0, 0.05) is 11.1 Å². The number of imide groups is 1. The molecule has 32 heavy (non-hydrogen) atoms. The highest BCUT2D eigenvalue weighted by Gasteiger charge is 2.31. The predicted molar refractivity (Wildman–Crippen MR) is 124 cm³/mol. The van der Waals surface area contributed by atoms with E-state index in [1.165, 1.54) is 4.90 Å². The second-order valence-electron chi connectivity index (χ2n) is 8.87. The van der Waals surface area contributed by atoms with Crippen LogP contribution in [0.5, 0.6) is 5.75 Å². The predicted octanol–water partition coefficient (Wildman–Crippen LogP) is 5.25. The van der Waals surface area contributed by atoms with Gasteiger partial charge in [-0.15, -0.1) is 0 Å². The van der Waals surface area contributed by atoms with Crippen LogP contribution in [0.2, 0.25) is 0 Å². The molecule has 0 radical (unpaired) electrons. The molecule has 1 saturated heterocycles. The Hall–Kier alpha value is -3.44. The number of nitrogens with zero attached hydrogens (tertiary/aromatic N) is 1. The van der Waals surface area contributed by atoms with Crippen LogP contribution in [0.15, 0.2) is 78.9 Å². The Morgan fingerprint density at radius 1 is 0.938 bits per heavy atom. The van der Waals surface area contributed by atoms with Gasteiger partial charge in [-0.05, 0) is 53.4 Å². The largest absolute Gasteiger partial charge is 0.491 e. The van der Waals surface area contributed by atoms with Crippen molar-refractivity contribution in [1.29, 1.82) is 0 Å². The van der Waals surface area contributed by atoms with E-state index in [9.17, 15) is 9.59 Å². The van der Waals surface area contributed by atoms with E-state index < -0.39 is 0 Å². The number of anilines is 1. The van der Waals surface area contributed by atoms with Crippen LogP contribution in [0.4, 0.5) is 5.69 Å². The molecule has 5 heteroatoms. The molecule has 0 spiro atoms. The molecule has 3 aromatic carbocycles. The lowest BCUT2D eigenvalue weighted by Gasteiger charge is -2.27. The van der Waals surface area contributed by atoms with Crippen LogP contribution >= 0.6 is 0 Å². The first kappa shape index (κ1) is 21.8. The highest BCUT2D eigenvalue weighted by atomic mass is 16.6. The molecule has 1 aliphatic heterocycles. The van der Waals surface area contributed by atoms with Gasteiger partial charge in [0.15, 0.2) is 0 Å². The van der Waals surface area contributed by atoms with Crippen molar-refractivity contribution in [3.05, 3.63) is 95.6 Å². The molecule has 3 aromatic rings. The van der Waals surface area contributed by atoms with E-state index >= 15 is 0 Å². The van der Waals surface area contributed by atoms with E-state index in [1.54, 1.807) is 48.5 Å². The number of amides is 2. The van der Waals surface area contributed by atoms with Crippen LogP contribution in [0.1, 0.15) is 47.1 Å². The van der Waals surface area contributed by atoms with E-state index in [1.807, 2.05) is 51.1 Å². The fraction of sp³-hybridized carbons (Fsp3) is 0.259. The zero-order valence-electron chi connectivity index (χ0n) is 18.6. The number of epoxide rings is 1. The number of carbonyl (C=O) groups is 2. The number of hydrogen-bond acceptors (Lipinski definition) is 4. The maximum Gasteiger partial charge on any atom is 0.265 e. The van der Waals surface area contributed by atoms with Crippen molar-refractivity contribution < 1.29 is 19.1 Å². The van der Waals surface area contributed by atoms with E-state index in [4.69, 9.17) is 9.47 Å². The normalized spacial score (nSPS) is 15.2. The third-order valence-corrected chi connectivity index (χ3v) is 5.31.